The molecule has 1 aliphatic carbocycles. The third-order valence-corrected chi connectivity index (χ3v) is 11.6. The molecule has 0 radical (unpaired) electrons. The molecular weight excluding hydrogens is 848 g/mol. The highest BCUT2D eigenvalue weighted by Gasteiger charge is 2.45. The molecular formula is C46H46F3N9O7. The molecule has 1 saturated heterocycles. The number of hydrogen-bond donors (Lipinski definition) is 4. The van der Waals surface area contributed by atoms with Crippen molar-refractivity contribution in [2.75, 3.05) is 29.0 Å². The van der Waals surface area contributed by atoms with Gasteiger partial charge in [-0.2, -0.15) is 18.3 Å². The van der Waals surface area contributed by atoms with Crippen molar-refractivity contribution in [2.45, 2.75) is 89.3 Å². The van der Waals surface area contributed by atoms with Crippen molar-refractivity contribution < 1.29 is 46.4 Å². The Morgan fingerprint density at radius 1 is 0.862 bits per heavy atom. The number of fused-ring (bicyclic) bond motifs is 1. The Labute approximate surface area is 370 Å². The van der Waals surface area contributed by atoms with Gasteiger partial charge in [0.05, 0.1) is 28.7 Å². The molecule has 65 heavy (non-hydrogen) atoms. The van der Waals surface area contributed by atoms with E-state index in [0.717, 1.165) is 67.1 Å². The number of pyridine rings is 1. The van der Waals surface area contributed by atoms with Crippen LogP contribution in [0.3, 0.4) is 0 Å². The molecule has 2 fully saturated rings. The minimum Gasteiger partial charge on any atom is -0.444 e. The molecule has 5 heterocycles. The summed E-state index contributed by atoms with van der Waals surface area (Å²) < 4.78 is 48.7. The number of aromatic nitrogens is 4. The topological polar surface area (TPSA) is 211 Å². The van der Waals surface area contributed by atoms with Crippen LogP contribution in [0.15, 0.2) is 77.7 Å². The van der Waals surface area contributed by atoms with Gasteiger partial charge in [0.2, 0.25) is 17.7 Å². The number of carbonyl (C=O) groups excluding carboxylic acids is 6. The molecule has 3 aliphatic rings. The second kappa shape index (κ2) is 19.3. The lowest BCUT2D eigenvalue weighted by Crippen LogP contribution is -2.54. The number of piperidine rings is 1. The van der Waals surface area contributed by atoms with E-state index in [0.29, 0.717) is 47.9 Å². The van der Waals surface area contributed by atoms with Crippen molar-refractivity contribution in [1.29, 1.82) is 0 Å². The minimum absolute atomic E-state index is 0.0498. The number of imide groups is 2. The zero-order chi connectivity index (χ0) is 45.7. The van der Waals surface area contributed by atoms with Gasteiger partial charge < -0.3 is 20.4 Å². The average Bonchev–Trinajstić information content (AvgIpc) is 3.68. The summed E-state index contributed by atoms with van der Waals surface area (Å²) in [6, 6.07) is 13.4. The zero-order valence-corrected chi connectivity index (χ0v) is 35.2. The van der Waals surface area contributed by atoms with Gasteiger partial charge in [-0.15, -0.1) is 0 Å². The van der Waals surface area contributed by atoms with E-state index >= 15 is 0 Å². The standard InChI is InChI=1S/C46H46F3N9O7/c47-46(48,49)40-33(53-41(61)34-26-65-43(54-34)29-20-22-51-37(23-29)52-24-27-12-13-27)25-57(56-40)30-16-14-28(15-17-30)36(59)11-6-4-2-1-3-5-7-21-50-32-10-8-9-31-39(32)45(64)58(44(31)63)35-18-19-38(60)55-42(35)62/h8-10,14-17,20,22-23,25-27,35,50H,1-7,11-13,18-19,21,24H2,(H,51,52)(H,53,61)(H,55,60,62). The lowest BCUT2D eigenvalue weighted by Gasteiger charge is -2.27. The largest absolute Gasteiger partial charge is 0.444 e. The first-order valence-corrected chi connectivity index (χ1v) is 21.7. The van der Waals surface area contributed by atoms with E-state index < -0.39 is 53.1 Å². The number of carbonyl (C=O) groups is 6. The monoisotopic (exact) mass is 893 g/mol. The summed E-state index contributed by atoms with van der Waals surface area (Å²) >= 11 is 0. The van der Waals surface area contributed by atoms with E-state index in [1.54, 1.807) is 36.5 Å². The van der Waals surface area contributed by atoms with Crippen LogP contribution in [0.1, 0.15) is 124 Å². The fourth-order valence-electron chi connectivity index (χ4n) is 7.86. The van der Waals surface area contributed by atoms with Gasteiger partial charge in [-0.1, -0.05) is 38.2 Å². The number of amides is 5. The van der Waals surface area contributed by atoms with Crippen LogP contribution < -0.4 is 21.3 Å². The molecule has 2 aliphatic heterocycles. The highest BCUT2D eigenvalue weighted by atomic mass is 19.4. The molecule has 2 aromatic carbocycles. The Kier molecular flexibility index (Phi) is 13.2. The molecule has 1 saturated carbocycles. The Morgan fingerprint density at radius 3 is 2.35 bits per heavy atom. The fraction of sp³-hybridized carbons (Fsp3) is 0.370. The lowest BCUT2D eigenvalue weighted by atomic mass is 10.0. The quantitative estimate of drug-likeness (QED) is 0.0335. The molecule has 0 bridgehead atoms. The Morgan fingerprint density at radius 2 is 1.62 bits per heavy atom. The fourth-order valence-corrected chi connectivity index (χ4v) is 7.86. The van der Waals surface area contributed by atoms with Crippen LogP contribution in [-0.2, 0) is 15.8 Å². The second-order valence-corrected chi connectivity index (χ2v) is 16.4. The third kappa shape index (κ3) is 10.5. The van der Waals surface area contributed by atoms with Gasteiger partial charge in [-0.05, 0) is 86.6 Å². The second-order valence-electron chi connectivity index (χ2n) is 16.4. The highest BCUT2D eigenvalue weighted by Crippen LogP contribution is 2.36. The number of anilines is 3. The third-order valence-electron chi connectivity index (χ3n) is 11.6. The van der Waals surface area contributed by atoms with Crippen molar-refractivity contribution in [2.24, 2.45) is 5.92 Å². The first-order chi connectivity index (χ1) is 31.3. The van der Waals surface area contributed by atoms with E-state index in [1.807, 2.05) is 0 Å². The van der Waals surface area contributed by atoms with Crippen LogP contribution >= 0.6 is 0 Å². The number of Topliss-reactive ketones (excluding diaryl/α,β-unsaturated/α-hetero) is 1. The minimum atomic E-state index is -4.89. The average molecular weight is 894 g/mol. The van der Waals surface area contributed by atoms with Crippen molar-refractivity contribution in [3.8, 4) is 17.1 Å². The lowest BCUT2D eigenvalue weighted by molar-refractivity contribution is -0.140. The summed E-state index contributed by atoms with van der Waals surface area (Å²) in [5.41, 5.74) is 0.0740. The number of unbranched alkanes of at least 4 members (excludes halogenated alkanes) is 6. The number of nitrogens with zero attached hydrogens (tertiary/aromatic N) is 5. The number of ketones is 1. The smallest absolute Gasteiger partial charge is 0.437 e. The molecule has 16 nitrogen and oxygen atoms in total. The predicted molar refractivity (Wildman–Crippen MR) is 230 cm³/mol. The van der Waals surface area contributed by atoms with Crippen molar-refractivity contribution in [3.63, 3.8) is 0 Å². The Balaban J connectivity index is 0.754. The summed E-state index contributed by atoms with van der Waals surface area (Å²) in [6.07, 6.45) is 7.70. The number of rotatable bonds is 20. The van der Waals surface area contributed by atoms with Crippen LogP contribution in [0, 0.1) is 5.92 Å². The normalized spacial score (nSPS) is 16.1. The van der Waals surface area contributed by atoms with E-state index in [2.05, 4.69) is 36.3 Å². The maximum absolute atomic E-state index is 14.1. The van der Waals surface area contributed by atoms with Crippen LogP contribution in [0.4, 0.5) is 30.4 Å². The SMILES string of the molecule is O=C1CCC(N2C(=O)c3cccc(NCCCCCCCCCC(=O)c4ccc(-n5cc(NC(=O)c6coc(-c7ccnc(NCC8CC8)c7)n6)c(C(F)(F)F)n5)cc4)c3C2=O)C(=O)N1. The number of nitrogens with one attached hydrogen (secondary N) is 4. The maximum Gasteiger partial charge on any atom is 0.437 e. The molecule has 1 unspecified atom stereocenters. The van der Waals surface area contributed by atoms with Crippen molar-refractivity contribution in [3.05, 3.63) is 101 Å². The first-order valence-electron chi connectivity index (χ1n) is 21.7. The first kappa shape index (κ1) is 44.4. The van der Waals surface area contributed by atoms with Gasteiger partial charge in [-0.3, -0.25) is 39.0 Å². The summed E-state index contributed by atoms with van der Waals surface area (Å²) in [5.74, 6) is -1.87. The van der Waals surface area contributed by atoms with E-state index in [1.165, 1.54) is 37.1 Å². The van der Waals surface area contributed by atoms with E-state index in [9.17, 15) is 41.9 Å². The van der Waals surface area contributed by atoms with Crippen LogP contribution in [0.25, 0.3) is 17.1 Å². The number of alkyl halides is 3. The van der Waals surface area contributed by atoms with Gasteiger partial charge >= 0.3 is 6.18 Å². The van der Waals surface area contributed by atoms with Gasteiger partial charge in [0.15, 0.2) is 17.2 Å². The number of hydrogen-bond acceptors (Lipinski definition) is 12. The van der Waals surface area contributed by atoms with Crippen LogP contribution in [-0.4, -0.2) is 79.1 Å². The van der Waals surface area contributed by atoms with Gasteiger partial charge in [0.25, 0.3) is 17.7 Å². The van der Waals surface area contributed by atoms with Gasteiger partial charge in [0, 0.05) is 48.9 Å². The highest BCUT2D eigenvalue weighted by molar-refractivity contribution is 6.25. The molecule has 8 rings (SSSR count). The maximum atomic E-state index is 14.1. The van der Waals surface area contributed by atoms with Gasteiger partial charge in [0.1, 0.15) is 18.1 Å². The van der Waals surface area contributed by atoms with Crippen molar-refractivity contribution >= 4 is 52.5 Å². The molecule has 338 valence electrons. The zero-order valence-electron chi connectivity index (χ0n) is 35.2. The van der Waals surface area contributed by atoms with Crippen LogP contribution in [0.5, 0.6) is 0 Å². The number of benzene rings is 2. The summed E-state index contributed by atoms with van der Waals surface area (Å²) in [5, 5.41) is 14.7. The predicted octanol–water partition coefficient (Wildman–Crippen LogP) is 7.83. The number of halogens is 3. The van der Waals surface area contributed by atoms with Crippen molar-refractivity contribution in [1.82, 2.24) is 30.0 Å². The molecule has 3 aromatic heterocycles. The summed E-state index contributed by atoms with van der Waals surface area (Å²) in [6.45, 7) is 1.36. The van der Waals surface area contributed by atoms with E-state index in [-0.39, 0.29) is 47.0 Å². The summed E-state index contributed by atoms with van der Waals surface area (Å²) in [4.78, 5) is 85.8. The van der Waals surface area contributed by atoms with Gasteiger partial charge in [-0.25, -0.2) is 14.6 Å². The number of oxazole rings is 1. The van der Waals surface area contributed by atoms with Crippen LogP contribution in [0.2, 0.25) is 0 Å². The Hall–Kier alpha value is -7.18. The molecule has 1 atom stereocenters. The molecule has 5 aromatic rings. The summed E-state index contributed by atoms with van der Waals surface area (Å²) in [7, 11) is 0. The molecule has 19 heteroatoms. The molecule has 5 amide bonds. The Bertz CT molecular complexity index is 2620. The molecule has 4 N–H and O–H groups in total. The molecule has 0 spiro atoms. The van der Waals surface area contributed by atoms with E-state index in [4.69, 9.17) is 4.42 Å².